The molecule has 0 saturated carbocycles. The Bertz CT molecular complexity index is 2620. The van der Waals surface area contributed by atoms with Gasteiger partial charge in [-0.1, -0.05) is 116 Å². The fourth-order valence-electron chi connectivity index (χ4n) is 7.57. The van der Waals surface area contributed by atoms with Crippen molar-refractivity contribution in [3.8, 4) is 11.1 Å². The second-order valence-corrected chi connectivity index (χ2v) is 18.2. The Morgan fingerprint density at radius 1 is 0.759 bits per heavy atom. The minimum atomic E-state index is -4.75. The Kier molecular flexibility index (Phi) is 12.1. The van der Waals surface area contributed by atoms with Crippen LogP contribution in [-0.4, -0.2) is 36.9 Å². The number of hydrogen-bond donors (Lipinski definition) is 2. The van der Waals surface area contributed by atoms with Crippen LogP contribution in [0, 0.1) is 5.92 Å². The highest BCUT2D eigenvalue weighted by molar-refractivity contribution is 7.60. The van der Waals surface area contributed by atoms with Crippen LogP contribution in [0.5, 0.6) is 0 Å². The first-order valence-corrected chi connectivity index (χ1v) is 22.0. The number of nitrogens with zero attached hydrogens (tertiary/aromatic N) is 4. The van der Waals surface area contributed by atoms with Crippen molar-refractivity contribution in [2.24, 2.45) is 5.92 Å². The zero-order valence-corrected chi connectivity index (χ0v) is 33.8. The number of methoxy groups -OCH3 is 1. The topological polar surface area (TPSA) is 146 Å². The molecule has 0 bridgehead atoms. The molecule has 15 heteroatoms. The lowest BCUT2D eigenvalue weighted by molar-refractivity contribution is -0.0881. The smallest absolute Gasteiger partial charge is 0.375 e. The van der Waals surface area contributed by atoms with Crippen molar-refractivity contribution in [1.82, 2.24) is 20.0 Å². The van der Waals surface area contributed by atoms with Gasteiger partial charge in [0.1, 0.15) is 5.52 Å². The Morgan fingerprint density at radius 2 is 1.38 bits per heavy atom. The van der Waals surface area contributed by atoms with Crippen LogP contribution in [0.4, 0.5) is 9.05 Å². The van der Waals surface area contributed by atoms with Gasteiger partial charge < -0.3 is 14.5 Å². The van der Waals surface area contributed by atoms with Crippen molar-refractivity contribution in [3.63, 3.8) is 0 Å². The molecule has 7 rings (SSSR count). The molecular weight excluding hydrogens is 784 g/mol. The number of para-hydroxylation sites is 1. The number of pyridine rings is 1. The monoisotopic (exact) mass is 826 g/mol. The van der Waals surface area contributed by atoms with Gasteiger partial charge in [-0.05, 0) is 85.1 Å². The third-order valence-corrected chi connectivity index (χ3v) is 12.5. The Hall–Kier alpha value is -4.97. The molecule has 58 heavy (non-hydrogen) atoms. The van der Waals surface area contributed by atoms with Gasteiger partial charge in [-0.3, -0.25) is 9.13 Å². The molecule has 0 aliphatic rings. The van der Waals surface area contributed by atoms with Gasteiger partial charge in [-0.2, -0.15) is 0 Å². The molecule has 7 aromatic rings. The molecule has 2 atom stereocenters. The van der Waals surface area contributed by atoms with Gasteiger partial charge in [0.15, 0.2) is 0 Å². The van der Waals surface area contributed by atoms with Crippen molar-refractivity contribution in [2.75, 3.05) is 7.11 Å². The molecule has 0 aliphatic carbocycles. The molecule has 0 saturated heterocycles. The van der Waals surface area contributed by atoms with Gasteiger partial charge in [0.2, 0.25) is 0 Å². The molecule has 2 heterocycles. The van der Waals surface area contributed by atoms with Gasteiger partial charge in [0.25, 0.3) is 0 Å². The van der Waals surface area contributed by atoms with Gasteiger partial charge in [-0.25, -0.2) is 9.67 Å². The van der Waals surface area contributed by atoms with E-state index < -0.39 is 26.9 Å². The van der Waals surface area contributed by atoms with Gasteiger partial charge in [0.05, 0.1) is 39.8 Å². The first-order valence-electron chi connectivity index (χ1n) is 18.6. The summed E-state index contributed by atoms with van der Waals surface area (Å²) in [5, 5.41) is 9.66. The van der Waals surface area contributed by atoms with E-state index in [4.69, 9.17) is 14.9 Å². The molecular formula is C43H42F2N4O7P2. The second kappa shape index (κ2) is 17.1. The van der Waals surface area contributed by atoms with Crippen LogP contribution >= 0.6 is 15.2 Å². The zero-order chi connectivity index (χ0) is 41.1. The highest BCUT2D eigenvalue weighted by Gasteiger charge is 2.38. The van der Waals surface area contributed by atoms with E-state index in [9.17, 15) is 28.0 Å². The van der Waals surface area contributed by atoms with E-state index in [1.54, 1.807) is 31.4 Å². The SMILES string of the molecule is COC(CC(C)C)c1ccc2cc(-c3ccc(CC(Cc4ccc(CP(=O)(OF)OF)cc4)(c4ccccc4)n4nnc5ccccc54)cc3)cc(P(=O)(O)O)c2n1. The van der Waals surface area contributed by atoms with Crippen molar-refractivity contribution in [1.29, 1.82) is 0 Å². The molecule has 11 nitrogen and oxygen atoms in total. The predicted octanol–water partition coefficient (Wildman–Crippen LogP) is 9.91. The van der Waals surface area contributed by atoms with Crippen LogP contribution in [0.15, 0.2) is 127 Å². The maximum Gasteiger partial charge on any atom is 0.399 e. The van der Waals surface area contributed by atoms with E-state index in [1.807, 2.05) is 102 Å². The normalized spacial score (nSPS) is 13.9. The number of fused-ring (bicyclic) bond motifs is 2. The maximum atomic E-state index is 12.9. The van der Waals surface area contributed by atoms with Gasteiger partial charge in [-0.15, -0.1) is 14.6 Å². The van der Waals surface area contributed by atoms with E-state index in [-0.39, 0.29) is 16.9 Å². The van der Waals surface area contributed by atoms with Crippen LogP contribution in [0.1, 0.15) is 54.3 Å². The molecule has 0 aliphatic heterocycles. The molecule has 0 radical (unpaired) electrons. The lowest BCUT2D eigenvalue weighted by Crippen LogP contribution is -2.40. The van der Waals surface area contributed by atoms with Crippen LogP contribution in [0.2, 0.25) is 0 Å². The number of benzene rings is 5. The molecule has 0 fully saturated rings. The third-order valence-electron chi connectivity index (χ3n) is 10.4. The highest BCUT2D eigenvalue weighted by atomic mass is 31.2. The van der Waals surface area contributed by atoms with Crippen LogP contribution in [0.25, 0.3) is 33.1 Å². The minimum Gasteiger partial charge on any atom is -0.375 e. The molecule has 2 N–H and O–H groups in total. The summed E-state index contributed by atoms with van der Waals surface area (Å²) in [6.45, 7) is 4.15. The molecule has 2 aromatic heterocycles. The molecule has 300 valence electrons. The maximum absolute atomic E-state index is 12.9. The quantitative estimate of drug-likeness (QED) is 0.0903. The summed E-state index contributed by atoms with van der Waals surface area (Å²) >= 11 is 0. The predicted molar refractivity (Wildman–Crippen MR) is 219 cm³/mol. The Labute approximate surface area is 334 Å². The Balaban J connectivity index is 1.29. The summed E-state index contributed by atoms with van der Waals surface area (Å²) in [5.41, 5.74) is 5.93. The third kappa shape index (κ3) is 8.72. The number of ether oxygens (including phenoxy) is 1. The first kappa shape index (κ1) is 41.2. The van der Waals surface area contributed by atoms with Crippen molar-refractivity contribution in [3.05, 3.63) is 155 Å². The number of halogens is 2. The average molecular weight is 827 g/mol. The number of hydrogen-bond acceptors (Lipinski definition) is 8. The molecule has 2 unspecified atom stereocenters. The van der Waals surface area contributed by atoms with Crippen LogP contribution in [-0.2, 0) is 47.9 Å². The summed E-state index contributed by atoms with van der Waals surface area (Å²) in [4.78, 5) is 25.7. The highest BCUT2D eigenvalue weighted by Crippen LogP contribution is 2.52. The van der Waals surface area contributed by atoms with Gasteiger partial charge in [0, 0.05) is 25.3 Å². The second-order valence-electron chi connectivity index (χ2n) is 14.9. The number of rotatable bonds is 16. The summed E-state index contributed by atoms with van der Waals surface area (Å²) < 4.78 is 65.0. The molecule has 5 aromatic carbocycles. The summed E-state index contributed by atoms with van der Waals surface area (Å²) in [6, 6.07) is 39.3. The standard InChI is InChI=1S/C43H42F2N4O7P2/c1-29(2)23-40(54-3)38-22-21-34-24-35(25-41(42(34)46-38)58(51,52)53)33-19-17-31(18-20-33)27-43(36-9-5-4-6-10-36,49-39-12-8-7-11-37(39)47-48-49)26-30-13-15-32(16-14-30)28-57(50,55-44)56-45/h4-22,24-25,29,40H,23,26-28H2,1-3H3,(H2,51,52,53). The van der Waals surface area contributed by atoms with E-state index in [0.717, 1.165) is 27.8 Å². The number of aromatic nitrogens is 4. The lowest BCUT2D eigenvalue weighted by Gasteiger charge is -2.36. The largest absolute Gasteiger partial charge is 0.399 e. The molecule has 0 amide bonds. The van der Waals surface area contributed by atoms with Crippen molar-refractivity contribution < 1.29 is 42.2 Å². The van der Waals surface area contributed by atoms with E-state index in [0.29, 0.717) is 52.9 Å². The van der Waals surface area contributed by atoms with Crippen LogP contribution in [0.3, 0.4) is 0 Å². The van der Waals surface area contributed by atoms with Crippen molar-refractivity contribution >= 4 is 42.4 Å². The first-order chi connectivity index (χ1) is 27.8. The molecule has 0 spiro atoms. The average Bonchev–Trinajstić information content (AvgIpc) is 3.67. The fraction of sp³-hybridized carbons (Fsp3) is 0.233. The van der Waals surface area contributed by atoms with E-state index in [2.05, 4.69) is 28.4 Å². The van der Waals surface area contributed by atoms with Crippen LogP contribution < -0.4 is 5.30 Å². The minimum absolute atomic E-state index is 0.158. The Morgan fingerprint density at radius 3 is 2.00 bits per heavy atom. The lowest BCUT2D eigenvalue weighted by atomic mass is 9.78. The summed E-state index contributed by atoms with van der Waals surface area (Å²) in [6.07, 6.45) is 0.618. The fourth-order valence-corrected chi connectivity index (χ4v) is 9.11. The van der Waals surface area contributed by atoms with Gasteiger partial charge >= 0.3 is 15.2 Å². The van der Waals surface area contributed by atoms with E-state index in [1.165, 1.54) is 6.07 Å². The zero-order valence-electron chi connectivity index (χ0n) is 32.0. The summed E-state index contributed by atoms with van der Waals surface area (Å²) in [5.74, 6) is 0.326. The van der Waals surface area contributed by atoms with Crippen molar-refractivity contribution in [2.45, 2.75) is 50.9 Å². The summed E-state index contributed by atoms with van der Waals surface area (Å²) in [7, 11) is -7.73. The van der Waals surface area contributed by atoms with E-state index >= 15 is 0 Å².